The van der Waals surface area contributed by atoms with Crippen LogP contribution < -0.4 is 11.3 Å². The van der Waals surface area contributed by atoms with Crippen LogP contribution in [0.3, 0.4) is 0 Å². The largest absolute Gasteiger partial charge is 0.365 e. The van der Waals surface area contributed by atoms with E-state index in [9.17, 15) is 9.59 Å². The van der Waals surface area contributed by atoms with Crippen molar-refractivity contribution in [3.05, 3.63) is 58.0 Å². The van der Waals surface area contributed by atoms with Crippen molar-refractivity contribution in [2.75, 3.05) is 0 Å². The second-order valence-corrected chi connectivity index (χ2v) is 3.62. The average molecular weight is 229 g/mol. The summed E-state index contributed by atoms with van der Waals surface area (Å²) in [5.41, 5.74) is 5.75. The van der Waals surface area contributed by atoms with Crippen LogP contribution in [-0.2, 0) is 0 Å². The second kappa shape index (κ2) is 4.21. The summed E-state index contributed by atoms with van der Waals surface area (Å²) in [5.74, 6) is -0.745. The number of carbonyl (C=O) groups is 1. The number of primary amides is 1. The molecule has 0 atom stereocenters. The molecule has 0 spiro atoms. The third-order valence-corrected chi connectivity index (χ3v) is 2.30. The van der Waals surface area contributed by atoms with E-state index in [1.165, 1.54) is 10.7 Å². The van der Waals surface area contributed by atoms with Crippen molar-refractivity contribution in [2.24, 2.45) is 5.73 Å². The maximum atomic E-state index is 12.0. The van der Waals surface area contributed by atoms with Crippen molar-refractivity contribution in [2.45, 2.75) is 6.92 Å². The minimum Gasteiger partial charge on any atom is -0.365 e. The van der Waals surface area contributed by atoms with E-state index in [1.807, 2.05) is 6.07 Å². The first-order chi connectivity index (χ1) is 8.09. The number of aromatic nitrogens is 2. The molecule has 5 nitrogen and oxygen atoms in total. The summed E-state index contributed by atoms with van der Waals surface area (Å²) >= 11 is 0. The Balaban J connectivity index is 2.72. The van der Waals surface area contributed by atoms with Crippen LogP contribution in [0.15, 0.2) is 41.2 Å². The van der Waals surface area contributed by atoms with Crippen molar-refractivity contribution in [1.82, 2.24) is 9.78 Å². The molecule has 1 aromatic heterocycles. The summed E-state index contributed by atoms with van der Waals surface area (Å²) in [5, 5.41) is 4.08. The van der Waals surface area contributed by atoms with E-state index in [2.05, 4.69) is 5.10 Å². The van der Waals surface area contributed by atoms with Crippen molar-refractivity contribution < 1.29 is 4.79 Å². The minimum atomic E-state index is -0.745. The van der Waals surface area contributed by atoms with E-state index in [0.717, 1.165) is 0 Å². The van der Waals surface area contributed by atoms with Gasteiger partial charge in [0.1, 0.15) is 5.56 Å². The van der Waals surface area contributed by atoms with Gasteiger partial charge in [-0.3, -0.25) is 9.59 Å². The van der Waals surface area contributed by atoms with Gasteiger partial charge in [-0.1, -0.05) is 18.2 Å². The van der Waals surface area contributed by atoms with Gasteiger partial charge in [-0.25, -0.2) is 0 Å². The molecular formula is C12H11N3O2. The van der Waals surface area contributed by atoms with Crippen molar-refractivity contribution >= 4 is 5.91 Å². The molecule has 0 aliphatic heterocycles. The fourth-order valence-electron chi connectivity index (χ4n) is 1.54. The molecule has 0 radical (unpaired) electrons. The van der Waals surface area contributed by atoms with Crippen molar-refractivity contribution in [1.29, 1.82) is 0 Å². The van der Waals surface area contributed by atoms with Crippen LogP contribution in [0, 0.1) is 6.92 Å². The topological polar surface area (TPSA) is 78.0 Å². The van der Waals surface area contributed by atoms with Gasteiger partial charge < -0.3 is 5.73 Å². The molecule has 0 saturated heterocycles. The van der Waals surface area contributed by atoms with Crippen molar-refractivity contribution in [3.8, 4) is 5.69 Å². The maximum absolute atomic E-state index is 12.0. The Hall–Kier alpha value is -2.43. The summed E-state index contributed by atoms with van der Waals surface area (Å²) in [7, 11) is 0. The van der Waals surface area contributed by atoms with Crippen molar-refractivity contribution in [3.63, 3.8) is 0 Å². The highest BCUT2D eigenvalue weighted by Crippen LogP contribution is 2.04. The highest BCUT2D eigenvalue weighted by Gasteiger charge is 2.12. The number of carbonyl (C=O) groups excluding carboxylic acids is 1. The predicted molar refractivity (Wildman–Crippen MR) is 63.1 cm³/mol. The summed E-state index contributed by atoms with van der Waals surface area (Å²) in [6.45, 7) is 1.70. The van der Waals surface area contributed by atoms with E-state index < -0.39 is 11.5 Å². The number of rotatable bonds is 2. The molecule has 2 aromatic rings. The van der Waals surface area contributed by atoms with Crippen LogP contribution in [0.2, 0.25) is 0 Å². The van der Waals surface area contributed by atoms with Crippen LogP contribution >= 0.6 is 0 Å². The molecular weight excluding hydrogens is 218 g/mol. The number of amides is 1. The Morgan fingerprint density at radius 2 is 1.94 bits per heavy atom. The summed E-state index contributed by atoms with van der Waals surface area (Å²) in [4.78, 5) is 23.1. The number of hydrogen-bond donors (Lipinski definition) is 1. The average Bonchev–Trinajstić information content (AvgIpc) is 2.32. The fraction of sp³-hybridized carbons (Fsp3) is 0.0833. The summed E-state index contributed by atoms with van der Waals surface area (Å²) in [6, 6.07) is 10.3. The molecule has 1 aromatic carbocycles. The highest BCUT2D eigenvalue weighted by atomic mass is 16.2. The highest BCUT2D eigenvalue weighted by molar-refractivity contribution is 5.92. The lowest BCUT2D eigenvalue weighted by Crippen LogP contribution is -2.30. The number of nitrogens with two attached hydrogens (primary N) is 1. The monoisotopic (exact) mass is 229 g/mol. The van der Waals surface area contributed by atoms with Gasteiger partial charge in [0.2, 0.25) is 0 Å². The zero-order valence-electron chi connectivity index (χ0n) is 9.25. The zero-order valence-corrected chi connectivity index (χ0v) is 9.25. The van der Waals surface area contributed by atoms with E-state index in [-0.39, 0.29) is 5.56 Å². The Morgan fingerprint density at radius 3 is 2.53 bits per heavy atom. The minimum absolute atomic E-state index is 0.0543. The first-order valence-corrected chi connectivity index (χ1v) is 5.06. The van der Waals surface area contributed by atoms with Gasteiger partial charge in [-0.05, 0) is 25.1 Å². The number of benzene rings is 1. The van der Waals surface area contributed by atoms with Gasteiger partial charge >= 0.3 is 0 Å². The van der Waals surface area contributed by atoms with Gasteiger partial charge in [-0.15, -0.1) is 0 Å². The third kappa shape index (κ3) is 2.08. The normalized spacial score (nSPS) is 10.2. The maximum Gasteiger partial charge on any atom is 0.284 e. The van der Waals surface area contributed by atoms with Crippen LogP contribution in [0.1, 0.15) is 16.1 Å². The Kier molecular flexibility index (Phi) is 2.74. The fourth-order valence-corrected chi connectivity index (χ4v) is 1.54. The lowest BCUT2D eigenvalue weighted by atomic mass is 10.2. The zero-order chi connectivity index (χ0) is 12.4. The molecule has 0 fully saturated rings. The van der Waals surface area contributed by atoms with Gasteiger partial charge in [-0.2, -0.15) is 9.78 Å². The van der Waals surface area contributed by atoms with E-state index in [4.69, 9.17) is 5.73 Å². The first kappa shape index (κ1) is 11.1. The Morgan fingerprint density at radius 1 is 1.29 bits per heavy atom. The SMILES string of the molecule is Cc1cc(C(N)=O)c(=O)n(-c2ccccc2)n1. The standard InChI is InChI=1S/C12H11N3O2/c1-8-7-10(11(13)16)12(17)15(14-8)9-5-3-2-4-6-9/h2-7H,1H3,(H2,13,16). The van der Waals surface area contributed by atoms with Gasteiger partial charge in [0.05, 0.1) is 11.4 Å². The van der Waals surface area contributed by atoms with Gasteiger partial charge in [0.15, 0.2) is 0 Å². The molecule has 2 rings (SSSR count). The third-order valence-electron chi connectivity index (χ3n) is 2.30. The van der Waals surface area contributed by atoms with Crippen LogP contribution in [0.5, 0.6) is 0 Å². The van der Waals surface area contributed by atoms with Gasteiger partial charge in [0.25, 0.3) is 11.5 Å². The smallest absolute Gasteiger partial charge is 0.284 e. The number of nitrogens with zero attached hydrogens (tertiary/aromatic N) is 2. The molecule has 5 heteroatoms. The number of hydrogen-bond acceptors (Lipinski definition) is 3. The molecule has 17 heavy (non-hydrogen) atoms. The second-order valence-electron chi connectivity index (χ2n) is 3.62. The molecule has 0 bridgehead atoms. The molecule has 86 valence electrons. The molecule has 2 N–H and O–H groups in total. The molecule has 1 amide bonds. The van der Waals surface area contributed by atoms with E-state index in [1.54, 1.807) is 31.2 Å². The lowest BCUT2D eigenvalue weighted by Gasteiger charge is -2.06. The molecule has 0 saturated carbocycles. The molecule has 1 heterocycles. The Labute approximate surface area is 97.5 Å². The molecule has 0 aliphatic rings. The predicted octanol–water partition coefficient (Wildman–Crippen LogP) is 0.640. The van der Waals surface area contributed by atoms with Crippen LogP contribution in [-0.4, -0.2) is 15.7 Å². The van der Waals surface area contributed by atoms with Gasteiger partial charge in [0, 0.05) is 0 Å². The first-order valence-electron chi connectivity index (χ1n) is 5.06. The quantitative estimate of drug-likeness (QED) is 0.820. The molecule has 0 unspecified atom stereocenters. The number of para-hydroxylation sites is 1. The van der Waals surface area contributed by atoms with E-state index in [0.29, 0.717) is 11.4 Å². The van der Waals surface area contributed by atoms with Crippen LogP contribution in [0.4, 0.5) is 0 Å². The lowest BCUT2D eigenvalue weighted by molar-refractivity contribution is 0.0998. The number of aryl methyl sites for hydroxylation is 1. The Bertz CT molecular complexity index is 617. The summed E-state index contributed by atoms with van der Waals surface area (Å²) < 4.78 is 1.18. The van der Waals surface area contributed by atoms with Crippen LogP contribution in [0.25, 0.3) is 5.69 Å². The summed E-state index contributed by atoms with van der Waals surface area (Å²) in [6.07, 6.45) is 0. The van der Waals surface area contributed by atoms with E-state index >= 15 is 0 Å². The molecule has 0 aliphatic carbocycles.